The van der Waals surface area contributed by atoms with E-state index in [1.54, 1.807) is 0 Å². The first-order valence-electron chi connectivity index (χ1n) is 4.29. The Labute approximate surface area is 79.8 Å². The van der Waals surface area contributed by atoms with Crippen LogP contribution >= 0.6 is 0 Å². The van der Waals surface area contributed by atoms with E-state index in [1.807, 2.05) is 13.0 Å². The molecule has 0 spiro atoms. The molecule has 0 aromatic heterocycles. The molecule has 0 aliphatic heterocycles. The monoisotopic (exact) mass is 185 g/mol. The van der Waals surface area contributed by atoms with Gasteiger partial charge >= 0.3 is 0 Å². The number of nitrogens with two attached hydrogens (primary N) is 1. The Bertz CT molecular complexity index is 166. The molecule has 1 rings (SSSR count). The smallest absolute Gasteiger partial charge is 0.0106 e. The molecule has 0 saturated carbocycles. The maximum Gasteiger partial charge on any atom is -0.0106 e. The van der Waals surface area contributed by atoms with Crippen molar-refractivity contribution in [2.45, 2.75) is 20.3 Å². The number of rotatable bonds is 1. The maximum absolute atomic E-state index is 6.00. The van der Waals surface area contributed by atoms with Gasteiger partial charge in [-0.25, -0.2) is 0 Å². The number of hydrogen-bond donors (Lipinski definition) is 3. The Kier molecular flexibility index (Phi) is 15.4. The van der Waals surface area contributed by atoms with E-state index < -0.39 is 0 Å². The molecule has 3 nitrogen and oxygen atoms in total. The van der Waals surface area contributed by atoms with Crippen LogP contribution in [0.2, 0.25) is 0 Å². The molecule has 0 fully saturated rings. The van der Waals surface area contributed by atoms with Gasteiger partial charge in [-0.15, -0.1) is 0 Å². The van der Waals surface area contributed by atoms with Crippen LogP contribution < -0.4 is 5.73 Å². The fraction of sp³-hybridized carbons (Fsp3) is 0.400. The van der Waals surface area contributed by atoms with Crippen molar-refractivity contribution in [3.05, 3.63) is 35.9 Å². The second-order valence-corrected chi connectivity index (χ2v) is 2.25. The normalized spacial score (nSPS) is 7.46. The Hall–Kier alpha value is -0.900. The Balaban J connectivity index is 0. The molecule has 0 radical (unpaired) electrons. The van der Waals surface area contributed by atoms with Crippen molar-refractivity contribution in [3.63, 3.8) is 0 Å². The van der Waals surface area contributed by atoms with Gasteiger partial charge in [0.1, 0.15) is 0 Å². The minimum atomic E-state index is 0.750. The summed E-state index contributed by atoms with van der Waals surface area (Å²) in [4.78, 5) is 0. The highest BCUT2D eigenvalue weighted by Crippen LogP contribution is 1.96. The van der Waals surface area contributed by atoms with Crippen LogP contribution in [0, 0.1) is 0 Å². The third-order valence-corrected chi connectivity index (χ3v) is 1.25. The van der Waals surface area contributed by atoms with Gasteiger partial charge in [-0.05, 0) is 18.5 Å². The van der Waals surface area contributed by atoms with Crippen LogP contribution in [0.5, 0.6) is 0 Å². The van der Waals surface area contributed by atoms with Crippen molar-refractivity contribution in [1.82, 2.24) is 0 Å². The van der Waals surface area contributed by atoms with Crippen molar-refractivity contribution >= 4 is 0 Å². The van der Waals surface area contributed by atoms with Crippen LogP contribution in [0.1, 0.15) is 19.4 Å². The predicted molar refractivity (Wildman–Crippen MR) is 55.8 cm³/mol. The van der Waals surface area contributed by atoms with Gasteiger partial charge in [0.25, 0.3) is 0 Å². The van der Waals surface area contributed by atoms with E-state index in [2.05, 4.69) is 31.2 Å². The SMILES string of the molecule is CCN.CCc1ccccc1.OO. The molecule has 4 N–H and O–H groups in total. The molecule has 13 heavy (non-hydrogen) atoms. The summed E-state index contributed by atoms with van der Waals surface area (Å²) in [7, 11) is 0. The van der Waals surface area contributed by atoms with Gasteiger partial charge in [-0.3, -0.25) is 10.5 Å². The quantitative estimate of drug-likeness (QED) is 0.464. The lowest BCUT2D eigenvalue weighted by molar-refractivity contribution is -0.176. The van der Waals surface area contributed by atoms with E-state index in [1.165, 1.54) is 5.56 Å². The third kappa shape index (κ3) is 11.1. The molecule has 0 saturated heterocycles. The molecular weight excluding hydrogens is 166 g/mol. The summed E-state index contributed by atoms with van der Waals surface area (Å²) in [6, 6.07) is 10.5. The first-order chi connectivity index (χ1) is 6.35. The maximum atomic E-state index is 6.00. The summed E-state index contributed by atoms with van der Waals surface area (Å²) >= 11 is 0. The van der Waals surface area contributed by atoms with Crippen LogP contribution in [-0.4, -0.2) is 17.1 Å². The Morgan fingerprint density at radius 3 is 1.69 bits per heavy atom. The minimum absolute atomic E-state index is 0.750. The summed E-state index contributed by atoms with van der Waals surface area (Å²) in [5.41, 5.74) is 6.26. The van der Waals surface area contributed by atoms with E-state index in [0.717, 1.165) is 13.0 Å². The van der Waals surface area contributed by atoms with Crippen LogP contribution in [-0.2, 0) is 6.42 Å². The van der Waals surface area contributed by atoms with E-state index in [9.17, 15) is 0 Å². The molecule has 0 unspecified atom stereocenters. The lowest BCUT2D eigenvalue weighted by atomic mass is 10.2. The Morgan fingerprint density at radius 2 is 1.46 bits per heavy atom. The van der Waals surface area contributed by atoms with Gasteiger partial charge in [-0.2, -0.15) is 0 Å². The fourth-order valence-corrected chi connectivity index (χ4v) is 0.714. The summed E-state index contributed by atoms with van der Waals surface area (Å²) < 4.78 is 0. The van der Waals surface area contributed by atoms with E-state index in [-0.39, 0.29) is 0 Å². The molecule has 1 aromatic carbocycles. The second kappa shape index (κ2) is 13.7. The van der Waals surface area contributed by atoms with Gasteiger partial charge in [0, 0.05) is 0 Å². The first kappa shape index (κ1) is 14.6. The molecule has 0 heterocycles. The fourth-order valence-electron chi connectivity index (χ4n) is 0.714. The minimum Gasteiger partial charge on any atom is -0.331 e. The van der Waals surface area contributed by atoms with Crippen molar-refractivity contribution in [2.24, 2.45) is 5.73 Å². The zero-order chi connectivity index (χ0) is 10.5. The highest BCUT2D eigenvalue weighted by molar-refractivity contribution is 5.13. The highest BCUT2D eigenvalue weighted by atomic mass is 17.0. The first-order valence-corrected chi connectivity index (χ1v) is 4.29. The molecular formula is C10H19NO2. The summed E-state index contributed by atoms with van der Waals surface area (Å²) in [5.74, 6) is 0. The number of hydrogen-bond acceptors (Lipinski definition) is 3. The second-order valence-electron chi connectivity index (χ2n) is 2.25. The van der Waals surface area contributed by atoms with Crippen LogP contribution in [0.25, 0.3) is 0 Å². The number of aryl methyl sites for hydroxylation is 1. The van der Waals surface area contributed by atoms with E-state index >= 15 is 0 Å². The van der Waals surface area contributed by atoms with Gasteiger partial charge in [0.2, 0.25) is 0 Å². The zero-order valence-corrected chi connectivity index (χ0v) is 8.27. The summed E-state index contributed by atoms with van der Waals surface area (Å²) in [6.07, 6.45) is 1.14. The molecule has 76 valence electrons. The van der Waals surface area contributed by atoms with Crippen molar-refractivity contribution in [1.29, 1.82) is 0 Å². The zero-order valence-electron chi connectivity index (χ0n) is 8.27. The number of benzene rings is 1. The van der Waals surface area contributed by atoms with Gasteiger partial charge in [-0.1, -0.05) is 44.2 Å². The molecule has 0 aliphatic carbocycles. The molecule has 0 bridgehead atoms. The third-order valence-electron chi connectivity index (χ3n) is 1.25. The standard InChI is InChI=1S/C8H10.C2H7N.H2O2/c1-2-8-6-4-3-5-7-8;1-2-3;1-2/h3-7H,2H2,1H3;2-3H2,1H3;1-2H. The average molecular weight is 185 g/mol. The molecule has 0 aliphatic rings. The van der Waals surface area contributed by atoms with Crippen molar-refractivity contribution in [3.8, 4) is 0 Å². The molecule has 3 heteroatoms. The van der Waals surface area contributed by atoms with Gasteiger partial charge < -0.3 is 5.73 Å². The molecule has 0 amide bonds. The average Bonchev–Trinajstić information content (AvgIpc) is 2.23. The largest absolute Gasteiger partial charge is 0.331 e. The van der Waals surface area contributed by atoms with Crippen molar-refractivity contribution < 1.29 is 10.5 Å². The summed E-state index contributed by atoms with van der Waals surface area (Å²) in [6.45, 7) is 4.81. The lowest BCUT2D eigenvalue weighted by Gasteiger charge is -1.89. The van der Waals surface area contributed by atoms with Crippen LogP contribution in [0.3, 0.4) is 0 Å². The van der Waals surface area contributed by atoms with Gasteiger partial charge in [0.15, 0.2) is 0 Å². The summed E-state index contributed by atoms with van der Waals surface area (Å²) in [5, 5.41) is 12.0. The highest BCUT2D eigenvalue weighted by Gasteiger charge is 1.79. The topological polar surface area (TPSA) is 66.5 Å². The van der Waals surface area contributed by atoms with Crippen molar-refractivity contribution in [2.75, 3.05) is 6.54 Å². The molecule has 1 aromatic rings. The molecule has 0 atom stereocenters. The van der Waals surface area contributed by atoms with Crippen LogP contribution in [0.4, 0.5) is 0 Å². The van der Waals surface area contributed by atoms with E-state index in [4.69, 9.17) is 16.2 Å². The van der Waals surface area contributed by atoms with Gasteiger partial charge in [0.05, 0.1) is 0 Å². The van der Waals surface area contributed by atoms with E-state index in [0.29, 0.717) is 0 Å². The lowest BCUT2D eigenvalue weighted by Crippen LogP contribution is -1.87. The predicted octanol–water partition coefficient (Wildman–Crippen LogP) is 2.23. The Morgan fingerprint density at radius 1 is 1.08 bits per heavy atom. The van der Waals surface area contributed by atoms with Crippen LogP contribution in [0.15, 0.2) is 30.3 Å².